The van der Waals surface area contributed by atoms with Crippen molar-refractivity contribution in [1.29, 1.82) is 0 Å². The number of carbonyl (C=O) groups is 1. The van der Waals surface area contributed by atoms with Crippen molar-refractivity contribution >= 4 is 33.5 Å². The standard InChI is InChI=1S/C23H24N4O4/c1-13-5-6-15(9-14(13)2)25-20(28)7-8-27-12-24-21-16-10-18(30-3)19(31-4)11-17(16)26-22(21)23(27)29/h5-6,9-12,26H,7-8H2,1-4H3,(H,25,28). The maximum Gasteiger partial charge on any atom is 0.277 e. The molecule has 0 aliphatic carbocycles. The molecule has 0 aliphatic rings. The zero-order valence-corrected chi connectivity index (χ0v) is 17.9. The SMILES string of the molecule is COc1cc2[nH]c3c(=O)n(CCC(=O)Nc4ccc(C)c(C)c4)cnc3c2cc1OC. The molecule has 0 spiro atoms. The molecule has 8 nitrogen and oxygen atoms in total. The topological polar surface area (TPSA) is 98.2 Å². The number of rotatable bonds is 6. The second kappa shape index (κ2) is 8.14. The number of aryl methyl sites for hydroxylation is 3. The van der Waals surface area contributed by atoms with Crippen molar-refractivity contribution in [1.82, 2.24) is 14.5 Å². The number of hydrogen-bond acceptors (Lipinski definition) is 5. The molecule has 2 aromatic carbocycles. The van der Waals surface area contributed by atoms with Crippen LogP contribution in [-0.2, 0) is 11.3 Å². The average molecular weight is 420 g/mol. The number of nitrogens with zero attached hydrogens (tertiary/aromatic N) is 2. The number of hydrogen-bond donors (Lipinski definition) is 2. The summed E-state index contributed by atoms with van der Waals surface area (Å²) in [5.74, 6) is 0.955. The van der Waals surface area contributed by atoms with Gasteiger partial charge in [0, 0.05) is 30.1 Å². The van der Waals surface area contributed by atoms with Crippen LogP contribution in [0.2, 0.25) is 0 Å². The summed E-state index contributed by atoms with van der Waals surface area (Å²) in [6.45, 7) is 4.24. The Kier molecular flexibility index (Phi) is 5.37. The first kappa shape index (κ1) is 20.5. The number of methoxy groups -OCH3 is 2. The normalized spacial score (nSPS) is 11.1. The van der Waals surface area contributed by atoms with Crippen LogP contribution in [0.1, 0.15) is 17.5 Å². The number of carbonyl (C=O) groups excluding carboxylic acids is 1. The van der Waals surface area contributed by atoms with E-state index >= 15 is 0 Å². The van der Waals surface area contributed by atoms with E-state index in [0.717, 1.165) is 27.7 Å². The van der Waals surface area contributed by atoms with Gasteiger partial charge < -0.3 is 19.8 Å². The lowest BCUT2D eigenvalue weighted by Gasteiger charge is -2.09. The summed E-state index contributed by atoms with van der Waals surface area (Å²) in [4.78, 5) is 32.9. The van der Waals surface area contributed by atoms with Gasteiger partial charge in [0.15, 0.2) is 11.5 Å². The maximum absolute atomic E-state index is 13.0. The van der Waals surface area contributed by atoms with Gasteiger partial charge in [0.1, 0.15) is 11.0 Å². The van der Waals surface area contributed by atoms with Crippen LogP contribution in [0.5, 0.6) is 11.5 Å². The second-order valence-corrected chi connectivity index (χ2v) is 7.44. The zero-order valence-electron chi connectivity index (χ0n) is 17.9. The lowest BCUT2D eigenvalue weighted by molar-refractivity contribution is -0.116. The molecule has 0 atom stereocenters. The van der Waals surface area contributed by atoms with Crippen LogP contribution < -0.4 is 20.3 Å². The Morgan fingerprint density at radius 2 is 1.84 bits per heavy atom. The van der Waals surface area contributed by atoms with Crippen LogP contribution in [0.15, 0.2) is 41.5 Å². The van der Waals surface area contributed by atoms with Crippen LogP contribution in [0.3, 0.4) is 0 Å². The van der Waals surface area contributed by atoms with Gasteiger partial charge in [-0.1, -0.05) is 6.07 Å². The Hall–Kier alpha value is -3.81. The first-order valence-corrected chi connectivity index (χ1v) is 9.91. The molecule has 4 rings (SSSR count). The van der Waals surface area contributed by atoms with Gasteiger partial charge in [-0.2, -0.15) is 0 Å². The van der Waals surface area contributed by atoms with Gasteiger partial charge in [0.2, 0.25) is 5.91 Å². The number of anilines is 1. The third kappa shape index (κ3) is 3.84. The molecule has 31 heavy (non-hydrogen) atoms. The second-order valence-electron chi connectivity index (χ2n) is 7.44. The Bertz CT molecular complexity index is 1350. The quantitative estimate of drug-likeness (QED) is 0.497. The Balaban J connectivity index is 1.57. The monoisotopic (exact) mass is 420 g/mol. The number of aromatic amines is 1. The summed E-state index contributed by atoms with van der Waals surface area (Å²) in [7, 11) is 3.11. The van der Waals surface area contributed by atoms with E-state index in [1.54, 1.807) is 26.4 Å². The van der Waals surface area contributed by atoms with E-state index < -0.39 is 0 Å². The van der Waals surface area contributed by atoms with E-state index in [9.17, 15) is 9.59 Å². The minimum Gasteiger partial charge on any atom is -0.493 e. The number of fused-ring (bicyclic) bond motifs is 3. The van der Waals surface area contributed by atoms with Crippen molar-refractivity contribution in [2.24, 2.45) is 0 Å². The summed E-state index contributed by atoms with van der Waals surface area (Å²) in [5.41, 5.74) is 4.43. The van der Waals surface area contributed by atoms with Gasteiger partial charge in [-0.05, 0) is 43.2 Å². The molecule has 2 heterocycles. The Morgan fingerprint density at radius 3 is 2.55 bits per heavy atom. The lowest BCUT2D eigenvalue weighted by Crippen LogP contribution is -2.23. The highest BCUT2D eigenvalue weighted by molar-refractivity contribution is 6.05. The van der Waals surface area contributed by atoms with Gasteiger partial charge >= 0.3 is 0 Å². The maximum atomic E-state index is 13.0. The summed E-state index contributed by atoms with van der Waals surface area (Å²) in [5, 5.41) is 3.64. The van der Waals surface area contributed by atoms with Crippen molar-refractivity contribution in [2.45, 2.75) is 26.8 Å². The van der Waals surface area contributed by atoms with E-state index in [1.165, 1.54) is 10.9 Å². The van der Waals surface area contributed by atoms with Crippen LogP contribution >= 0.6 is 0 Å². The number of aromatic nitrogens is 3. The lowest BCUT2D eigenvalue weighted by atomic mass is 10.1. The molecule has 0 saturated carbocycles. The molecular weight excluding hydrogens is 396 g/mol. The first-order valence-electron chi connectivity index (χ1n) is 9.91. The van der Waals surface area contributed by atoms with E-state index in [-0.39, 0.29) is 24.4 Å². The van der Waals surface area contributed by atoms with E-state index in [0.29, 0.717) is 22.5 Å². The molecule has 0 unspecified atom stereocenters. The Morgan fingerprint density at radius 1 is 1.10 bits per heavy atom. The number of benzene rings is 2. The van der Waals surface area contributed by atoms with E-state index in [1.807, 2.05) is 32.0 Å². The highest BCUT2D eigenvalue weighted by Gasteiger charge is 2.15. The summed E-state index contributed by atoms with van der Waals surface area (Å²) >= 11 is 0. The highest BCUT2D eigenvalue weighted by atomic mass is 16.5. The van der Waals surface area contributed by atoms with Gasteiger partial charge in [-0.25, -0.2) is 4.98 Å². The molecular formula is C23H24N4O4. The molecule has 2 N–H and O–H groups in total. The molecule has 2 aromatic heterocycles. The van der Waals surface area contributed by atoms with Crippen molar-refractivity contribution in [2.75, 3.05) is 19.5 Å². The minimum absolute atomic E-state index is 0.155. The fourth-order valence-corrected chi connectivity index (χ4v) is 3.54. The number of H-pyrrole nitrogens is 1. The molecule has 1 amide bonds. The van der Waals surface area contributed by atoms with Crippen LogP contribution in [-0.4, -0.2) is 34.7 Å². The Labute approximate surface area is 178 Å². The predicted octanol–water partition coefficient (Wildman–Crippen LogP) is 3.54. The van der Waals surface area contributed by atoms with E-state index in [4.69, 9.17) is 9.47 Å². The zero-order chi connectivity index (χ0) is 22.1. The first-order chi connectivity index (χ1) is 14.9. The molecule has 8 heteroatoms. The van der Waals surface area contributed by atoms with Gasteiger partial charge in [0.25, 0.3) is 5.56 Å². The average Bonchev–Trinajstić information content (AvgIpc) is 3.13. The number of nitrogens with one attached hydrogen (secondary N) is 2. The van der Waals surface area contributed by atoms with Gasteiger partial charge in [0.05, 0.1) is 26.1 Å². The van der Waals surface area contributed by atoms with E-state index in [2.05, 4.69) is 15.3 Å². The largest absolute Gasteiger partial charge is 0.493 e. The number of amides is 1. The minimum atomic E-state index is -0.238. The molecule has 0 fully saturated rings. The van der Waals surface area contributed by atoms with Crippen LogP contribution in [0.25, 0.3) is 21.9 Å². The van der Waals surface area contributed by atoms with Gasteiger partial charge in [-0.3, -0.25) is 14.2 Å². The predicted molar refractivity (Wildman–Crippen MR) is 120 cm³/mol. The summed E-state index contributed by atoms with van der Waals surface area (Å²) < 4.78 is 12.1. The molecule has 0 radical (unpaired) electrons. The molecule has 160 valence electrons. The van der Waals surface area contributed by atoms with Gasteiger partial charge in [-0.15, -0.1) is 0 Å². The molecule has 4 aromatic rings. The summed E-state index contributed by atoms with van der Waals surface area (Å²) in [6, 6.07) is 9.33. The molecule has 0 aliphatic heterocycles. The van der Waals surface area contributed by atoms with Crippen LogP contribution in [0.4, 0.5) is 5.69 Å². The third-order valence-electron chi connectivity index (χ3n) is 5.45. The highest BCUT2D eigenvalue weighted by Crippen LogP contribution is 2.34. The fourth-order valence-electron chi connectivity index (χ4n) is 3.54. The number of ether oxygens (including phenoxy) is 2. The van der Waals surface area contributed by atoms with Crippen molar-refractivity contribution in [3.05, 3.63) is 58.1 Å². The van der Waals surface area contributed by atoms with Crippen molar-refractivity contribution in [3.8, 4) is 11.5 Å². The fraction of sp³-hybridized carbons (Fsp3) is 0.261. The third-order valence-corrected chi connectivity index (χ3v) is 5.45. The van der Waals surface area contributed by atoms with Crippen LogP contribution in [0, 0.1) is 13.8 Å². The molecule has 0 bridgehead atoms. The summed E-state index contributed by atoms with van der Waals surface area (Å²) in [6.07, 6.45) is 1.62. The molecule has 0 saturated heterocycles. The van der Waals surface area contributed by atoms with Crippen molar-refractivity contribution < 1.29 is 14.3 Å². The van der Waals surface area contributed by atoms with Crippen molar-refractivity contribution in [3.63, 3.8) is 0 Å². The smallest absolute Gasteiger partial charge is 0.277 e.